The van der Waals surface area contributed by atoms with Crippen LogP contribution in [0.5, 0.6) is 0 Å². The summed E-state index contributed by atoms with van der Waals surface area (Å²) in [6, 6.07) is 11.7. The molecule has 2 amide bonds. The van der Waals surface area contributed by atoms with Crippen molar-refractivity contribution >= 4 is 40.6 Å². The topological polar surface area (TPSA) is 101 Å². The van der Waals surface area contributed by atoms with Gasteiger partial charge in [0.15, 0.2) is 0 Å². The van der Waals surface area contributed by atoms with Gasteiger partial charge in [0.1, 0.15) is 5.69 Å². The van der Waals surface area contributed by atoms with E-state index in [2.05, 4.69) is 10.6 Å². The zero-order valence-corrected chi connectivity index (χ0v) is 14.6. The summed E-state index contributed by atoms with van der Waals surface area (Å²) in [7, 11) is 0. The maximum atomic E-state index is 12.0. The van der Waals surface area contributed by atoms with E-state index in [-0.39, 0.29) is 28.9 Å². The Balaban J connectivity index is 1.95. The number of hydrogen-bond donors (Lipinski definition) is 2. The highest BCUT2D eigenvalue weighted by atomic mass is 32.2. The van der Waals surface area contributed by atoms with Gasteiger partial charge in [-0.25, -0.2) is 0 Å². The molecular formula is C17H17N3O4S. The molecule has 0 saturated carbocycles. The predicted octanol–water partition coefficient (Wildman–Crippen LogP) is 3.59. The molecule has 0 saturated heterocycles. The average molecular weight is 359 g/mol. The molecule has 130 valence electrons. The number of anilines is 2. The van der Waals surface area contributed by atoms with Crippen LogP contribution in [0.1, 0.15) is 12.5 Å². The number of carbonyl (C=O) groups is 2. The van der Waals surface area contributed by atoms with E-state index in [0.29, 0.717) is 5.69 Å². The number of nitrogens with zero attached hydrogens (tertiary/aromatic N) is 1. The molecule has 0 aromatic heterocycles. The quantitative estimate of drug-likeness (QED) is 0.466. The summed E-state index contributed by atoms with van der Waals surface area (Å²) in [4.78, 5) is 34.4. The molecular weight excluding hydrogens is 342 g/mol. The number of nitro groups is 1. The Morgan fingerprint density at radius 1 is 1.12 bits per heavy atom. The van der Waals surface area contributed by atoms with Gasteiger partial charge in [0.25, 0.3) is 5.69 Å². The predicted molar refractivity (Wildman–Crippen MR) is 97.9 cm³/mol. The molecule has 8 heteroatoms. The fraction of sp³-hybridized carbons (Fsp3) is 0.176. The summed E-state index contributed by atoms with van der Waals surface area (Å²) >= 11 is 1.30. The zero-order valence-electron chi connectivity index (χ0n) is 13.7. The second kappa shape index (κ2) is 8.29. The minimum atomic E-state index is -0.517. The van der Waals surface area contributed by atoms with E-state index in [4.69, 9.17) is 0 Å². The van der Waals surface area contributed by atoms with Gasteiger partial charge in [-0.15, -0.1) is 11.8 Å². The van der Waals surface area contributed by atoms with Crippen molar-refractivity contribution in [2.45, 2.75) is 18.7 Å². The van der Waals surface area contributed by atoms with Crippen molar-refractivity contribution in [2.75, 3.05) is 16.4 Å². The van der Waals surface area contributed by atoms with Crippen LogP contribution in [0.25, 0.3) is 0 Å². The number of thioether (sulfide) groups is 1. The van der Waals surface area contributed by atoms with E-state index in [1.807, 2.05) is 0 Å². The van der Waals surface area contributed by atoms with Crippen LogP contribution in [-0.2, 0) is 9.59 Å². The summed E-state index contributed by atoms with van der Waals surface area (Å²) in [5.74, 6) is -0.368. The molecule has 2 N–H and O–H groups in total. The van der Waals surface area contributed by atoms with Crippen LogP contribution in [0, 0.1) is 17.0 Å². The third-order valence-electron chi connectivity index (χ3n) is 3.17. The third kappa shape index (κ3) is 5.61. The van der Waals surface area contributed by atoms with Gasteiger partial charge in [-0.2, -0.15) is 0 Å². The van der Waals surface area contributed by atoms with Gasteiger partial charge in [-0.05, 0) is 42.8 Å². The van der Waals surface area contributed by atoms with Crippen molar-refractivity contribution in [3.63, 3.8) is 0 Å². The number of nitro benzene ring substituents is 1. The van der Waals surface area contributed by atoms with Crippen molar-refractivity contribution < 1.29 is 14.5 Å². The Bertz CT molecular complexity index is 806. The van der Waals surface area contributed by atoms with Crippen molar-refractivity contribution in [1.82, 2.24) is 0 Å². The first-order chi connectivity index (χ1) is 11.8. The van der Waals surface area contributed by atoms with Gasteiger partial charge in [0, 0.05) is 23.6 Å². The van der Waals surface area contributed by atoms with Gasteiger partial charge in [0.2, 0.25) is 11.8 Å². The normalized spacial score (nSPS) is 10.2. The summed E-state index contributed by atoms with van der Waals surface area (Å²) in [5, 5.41) is 16.3. The van der Waals surface area contributed by atoms with Gasteiger partial charge >= 0.3 is 0 Å². The van der Waals surface area contributed by atoms with Gasteiger partial charge in [-0.3, -0.25) is 19.7 Å². The van der Waals surface area contributed by atoms with Crippen LogP contribution in [0.4, 0.5) is 17.1 Å². The fourth-order valence-corrected chi connectivity index (χ4v) is 2.77. The van der Waals surface area contributed by atoms with Gasteiger partial charge in [0.05, 0.1) is 10.7 Å². The Hall–Kier alpha value is -2.87. The Labute approximate surface area is 149 Å². The van der Waals surface area contributed by atoms with Crippen LogP contribution in [-0.4, -0.2) is 22.5 Å². The van der Waals surface area contributed by atoms with Crippen LogP contribution < -0.4 is 10.6 Å². The lowest BCUT2D eigenvalue weighted by Crippen LogP contribution is -2.15. The number of benzene rings is 2. The lowest BCUT2D eigenvalue weighted by Gasteiger charge is -2.07. The van der Waals surface area contributed by atoms with Crippen LogP contribution in [0.2, 0.25) is 0 Å². The highest BCUT2D eigenvalue weighted by Gasteiger charge is 2.16. The maximum absolute atomic E-state index is 12.0. The minimum Gasteiger partial charge on any atom is -0.326 e. The molecule has 0 aliphatic heterocycles. The highest BCUT2D eigenvalue weighted by molar-refractivity contribution is 8.00. The van der Waals surface area contributed by atoms with Crippen molar-refractivity contribution in [3.8, 4) is 0 Å². The maximum Gasteiger partial charge on any atom is 0.293 e. The van der Waals surface area contributed by atoms with E-state index in [0.717, 1.165) is 10.5 Å². The van der Waals surface area contributed by atoms with Gasteiger partial charge in [-0.1, -0.05) is 6.07 Å². The second-order valence-electron chi connectivity index (χ2n) is 5.32. The minimum absolute atomic E-state index is 0.116. The number of rotatable bonds is 6. The number of aryl methyl sites for hydroxylation is 1. The largest absolute Gasteiger partial charge is 0.326 e. The zero-order chi connectivity index (χ0) is 18.4. The van der Waals surface area contributed by atoms with E-state index < -0.39 is 4.92 Å². The molecule has 0 atom stereocenters. The summed E-state index contributed by atoms with van der Waals surface area (Å²) in [6.45, 7) is 3.18. The molecule has 2 aromatic carbocycles. The molecule has 25 heavy (non-hydrogen) atoms. The van der Waals surface area contributed by atoms with Crippen molar-refractivity contribution in [1.29, 1.82) is 0 Å². The summed E-state index contributed by atoms with van der Waals surface area (Å²) in [5.41, 5.74) is 1.48. The average Bonchev–Trinajstić information content (AvgIpc) is 2.55. The first kappa shape index (κ1) is 18.5. The van der Waals surface area contributed by atoms with E-state index in [1.54, 1.807) is 37.3 Å². The van der Waals surface area contributed by atoms with Gasteiger partial charge < -0.3 is 10.6 Å². The third-order valence-corrected chi connectivity index (χ3v) is 4.18. The molecule has 0 unspecified atom stereocenters. The molecule has 0 aliphatic carbocycles. The Kier molecular flexibility index (Phi) is 6.13. The number of hydrogen-bond acceptors (Lipinski definition) is 5. The highest BCUT2D eigenvalue weighted by Crippen LogP contribution is 2.26. The first-order valence-electron chi connectivity index (χ1n) is 7.40. The molecule has 0 spiro atoms. The Morgan fingerprint density at radius 2 is 1.80 bits per heavy atom. The van der Waals surface area contributed by atoms with Crippen LogP contribution >= 0.6 is 11.8 Å². The van der Waals surface area contributed by atoms with E-state index >= 15 is 0 Å². The monoisotopic (exact) mass is 359 g/mol. The molecule has 0 fully saturated rings. The number of amides is 2. The summed E-state index contributed by atoms with van der Waals surface area (Å²) in [6.07, 6.45) is 0. The molecule has 0 heterocycles. The van der Waals surface area contributed by atoms with Crippen LogP contribution in [0.3, 0.4) is 0 Å². The lowest BCUT2D eigenvalue weighted by molar-refractivity contribution is -0.384. The van der Waals surface area contributed by atoms with E-state index in [9.17, 15) is 19.7 Å². The molecule has 2 aromatic rings. The molecule has 0 bridgehead atoms. The fourth-order valence-electron chi connectivity index (χ4n) is 2.07. The lowest BCUT2D eigenvalue weighted by atomic mass is 10.2. The van der Waals surface area contributed by atoms with Crippen molar-refractivity contribution in [2.24, 2.45) is 0 Å². The standard InChI is InChI=1S/C17H17N3O4S/c1-11-3-8-15(16(9-11)20(23)24)19-17(22)10-25-14-6-4-13(5-7-14)18-12(2)21/h3-9H,10H2,1-2H3,(H,18,21)(H,19,22). The van der Waals surface area contributed by atoms with Crippen LogP contribution in [0.15, 0.2) is 47.4 Å². The molecule has 0 radical (unpaired) electrons. The van der Waals surface area contributed by atoms with E-state index in [1.165, 1.54) is 30.8 Å². The Morgan fingerprint density at radius 3 is 2.40 bits per heavy atom. The molecule has 0 aliphatic rings. The number of carbonyl (C=O) groups excluding carboxylic acids is 2. The SMILES string of the molecule is CC(=O)Nc1ccc(SCC(=O)Nc2ccc(C)cc2[N+](=O)[O-])cc1. The number of nitrogens with one attached hydrogen (secondary N) is 2. The molecule has 7 nitrogen and oxygen atoms in total. The smallest absolute Gasteiger partial charge is 0.293 e. The summed E-state index contributed by atoms with van der Waals surface area (Å²) < 4.78 is 0. The molecule has 2 rings (SSSR count). The van der Waals surface area contributed by atoms with Crippen molar-refractivity contribution in [3.05, 3.63) is 58.1 Å². The first-order valence-corrected chi connectivity index (χ1v) is 8.39. The second-order valence-corrected chi connectivity index (χ2v) is 6.37.